The molecule has 1 aliphatic heterocycles. The van der Waals surface area contributed by atoms with Gasteiger partial charge in [0.15, 0.2) is 0 Å². The lowest BCUT2D eigenvalue weighted by Crippen LogP contribution is -2.63. The third-order valence-corrected chi connectivity index (χ3v) is 4.24. The minimum atomic E-state index is -0.762. The summed E-state index contributed by atoms with van der Waals surface area (Å²) in [7, 11) is 1.46. The predicted molar refractivity (Wildman–Crippen MR) is 82.7 cm³/mol. The molecule has 2 heterocycles. The standard InChI is InChI=1S/C14H24N4O3/c1-4-6-7-18-11(15)10(12(19)16(3)13(18)20)17-8-14(21,5-2)9-17/h21H,4-9,15H2,1-3H3. The number of rotatable bonds is 5. The average molecular weight is 296 g/mol. The van der Waals surface area contributed by atoms with Crippen LogP contribution in [0.15, 0.2) is 9.59 Å². The molecule has 21 heavy (non-hydrogen) atoms. The Hall–Kier alpha value is -1.76. The molecule has 1 aliphatic rings. The molecule has 0 spiro atoms. The number of hydrogen-bond acceptors (Lipinski definition) is 5. The highest BCUT2D eigenvalue weighted by molar-refractivity contribution is 5.64. The van der Waals surface area contributed by atoms with Gasteiger partial charge in [-0.05, 0) is 12.8 Å². The third-order valence-electron chi connectivity index (χ3n) is 4.24. The van der Waals surface area contributed by atoms with Crippen LogP contribution in [0.3, 0.4) is 0 Å². The molecule has 7 heteroatoms. The molecule has 118 valence electrons. The summed E-state index contributed by atoms with van der Waals surface area (Å²) in [5.74, 6) is 0.203. The largest absolute Gasteiger partial charge is 0.386 e. The van der Waals surface area contributed by atoms with Gasteiger partial charge < -0.3 is 15.7 Å². The first-order chi connectivity index (χ1) is 9.84. The molecule has 0 unspecified atom stereocenters. The van der Waals surface area contributed by atoms with Gasteiger partial charge in [-0.15, -0.1) is 0 Å². The minimum absolute atomic E-state index is 0.203. The van der Waals surface area contributed by atoms with Crippen molar-refractivity contribution < 1.29 is 5.11 Å². The molecule has 0 amide bonds. The summed E-state index contributed by atoms with van der Waals surface area (Å²) in [6.45, 7) is 5.17. The topological polar surface area (TPSA) is 93.5 Å². The van der Waals surface area contributed by atoms with E-state index in [-0.39, 0.29) is 11.5 Å². The van der Waals surface area contributed by atoms with E-state index < -0.39 is 11.2 Å². The van der Waals surface area contributed by atoms with E-state index in [4.69, 9.17) is 5.73 Å². The molecule has 1 aromatic rings. The summed E-state index contributed by atoms with van der Waals surface area (Å²) in [5, 5.41) is 10.1. The lowest BCUT2D eigenvalue weighted by atomic mass is 9.91. The maximum Gasteiger partial charge on any atom is 0.332 e. The number of anilines is 2. The summed E-state index contributed by atoms with van der Waals surface area (Å²) in [5.41, 5.74) is 4.84. The summed E-state index contributed by atoms with van der Waals surface area (Å²) in [4.78, 5) is 26.2. The smallest absolute Gasteiger partial charge is 0.332 e. The van der Waals surface area contributed by atoms with E-state index in [1.165, 1.54) is 11.6 Å². The van der Waals surface area contributed by atoms with Gasteiger partial charge in [0.2, 0.25) is 0 Å². The van der Waals surface area contributed by atoms with Crippen LogP contribution < -0.4 is 21.9 Å². The predicted octanol–water partition coefficient (Wildman–Crippen LogP) is -0.110. The number of β-amino-alcohol motifs (C(OH)–C–C–N with tert-alkyl or cyclic N) is 1. The Morgan fingerprint density at radius 2 is 1.90 bits per heavy atom. The summed E-state index contributed by atoms with van der Waals surface area (Å²) >= 11 is 0. The minimum Gasteiger partial charge on any atom is -0.386 e. The van der Waals surface area contributed by atoms with Crippen LogP contribution in [0.25, 0.3) is 0 Å². The van der Waals surface area contributed by atoms with Crippen molar-refractivity contribution >= 4 is 11.5 Å². The summed E-state index contributed by atoms with van der Waals surface area (Å²) in [6, 6.07) is 0. The van der Waals surface area contributed by atoms with Crippen LogP contribution in [0, 0.1) is 0 Å². The van der Waals surface area contributed by atoms with Crippen molar-refractivity contribution in [1.82, 2.24) is 9.13 Å². The third kappa shape index (κ3) is 2.57. The second kappa shape index (κ2) is 5.55. The zero-order valence-corrected chi connectivity index (χ0v) is 12.9. The fourth-order valence-corrected chi connectivity index (χ4v) is 2.64. The highest BCUT2D eigenvalue weighted by Gasteiger charge is 2.41. The monoisotopic (exact) mass is 296 g/mol. The van der Waals surface area contributed by atoms with Crippen molar-refractivity contribution in [1.29, 1.82) is 0 Å². The van der Waals surface area contributed by atoms with Crippen LogP contribution in [-0.4, -0.2) is 32.9 Å². The van der Waals surface area contributed by atoms with Gasteiger partial charge in [0.1, 0.15) is 11.5 Å². The molecular weight excluding hydrogens is 272 g/mol. The van der Waals surface area contributed by atoms with E-state index in [1.54, 1.807) is 4.90 Å². The van der Waals surface area contributed by atoms with Crippen LogP contribution >= 0.6 is 0 Å². The second-order valence-electron chi connectivity index (χ2n) is 5.82. The first-order valence-corrected chi connectivity index (χ1v) is 7.41. The van der Waals surface area contributed by atoms with Crippen LogP contribution in [0.5, 0.6) is 0 Å². The molecular formula is C14H24N4O3. The Labute approximate surface area is 123 Å². The van der Waals surface area contributed by atoms with Gasteiger partial charge >= 0.3 is 5.69 Å². The van der Waals surface area contributed by atoms with Crippen molar-refractivity contribution in [2.75, 3.05) is 23.7 Å². The summed E-state index contributed by atoms with van der Waals surface area (Å²) < 4.78 is 2.54. The lowest BCUT2D eigenvalue weighted by molar-refractivity contribution is 0.00835. The second-order valence-corrected chi connectivity index (χ2v) is 5.82. The number of hydrogen-bond donors (Lipinski definition) is 2. The Bertz CT molecular complexity index is 641. The molecule has 1 aromatic heterocycles. The quantitative estimate of drug-likeness (QED) is 0.791. The summed E-state index contributed by atoms with van der Waals surface area (Å²) in [6.07, 6.45) is 2.38. The number of unbranched alkanes of at least 4 members (excludes halogenated alkanes) is 1. The number of nitrogen functional groups attached to an aromatic ring is 1. The molecule has 0 radical (unpaired) electrons. The van der Waals surface area contributed by atoms with E-state index in [2.05, 4.69) is 0 Å². The van der Waals surface area contributed by atoms with Crippen LogP contribution in [0.4, 0.5) is 11.5 Å². The van der Waals surface area contributed by atoms with Gasteiger partial charge in [-0.25, -0.2) is 4.79 Å². The number of aliphatic hydroxyl groups is 1. The first kappa shape index (κ1) is 15.6. The van der Waals surface area contributed by atoms with E-state index in [9.17, 15) is 14.7 Å². The highest BCUT2D eigenvalue weighted by atomic mass is 16.3. The molecule has 0 aromatic carbocycles. The maximum absolute atomic E-state index is 12.3. The van der Waals surface area contributed by atoms with Crippen molar-refractivity contribution in [3.63, 3.8) is 0 Å². The van der Waals surface area contributed by atoms with Gasteiger partial charge in [0.25, 0.3) is 5.56 Å². The molecule has 7 nitrogen and oxygen atoms in total. The van der Waals surface area contributed by atoms with Gasteiger partial charge in [-0.3, -0.25) is 13.9 Å². The van der Waals surface area contributed by atoms with E-state index in [1.807, 2.05) is 13.8 Å². The van der Waals surface area contributed by atoms with Crippen LogP contribution in [-0.2, 0) is 13.6 Å². The average Bonchev–Trinajstić information content (AvgIpc) is 2.43. The molecule has 2 rings (SSSR count). The van der Waals surface area contributed by atoms with Gasteiger partial charge in [-0.1, -0.05) is 20.3 Å². The van der Waals surface area contributed by atoms with E-state index in [0.717, 1.165) is 17.4 Å². The first-order valence-electron chi connectivity index (χ1n) is 7.41. The van der Waals surface area contributed by atoms with E-state index in [0.29, 0.717) is 31.7 Å². The molecule has 0 aliphatic carbocycles. The molecule has 0 saturated carbocycles. The molecule has 3 N–H and O–H groups in total. The lowest BCUT2D eigenvalue weighted by Gasteiger charge is -2.47. The van der Waals surface area contributed by atoms with Crippen molar-refractivity contribution in [2.45, 2.75) is 45.3 Å². The fourth-order valence-electron chi connectivity index (χ4n) is 2.64. The van der Waals surface area contributed by atoms with Crippen LogP contribution in [0.2, 0.25) is 0 Å². The van der Waals surface area contributed by atoms with Crippen LogP contribution in [0.1, 0.15) is 33.1 Å². The van der Waals surface area contributed by atoms with Crippen molar-refractivity contribution in [3.05, 3.63) is 20.8 Å². The normalized spacial score (nSPS) is 16.9. The molecule has 1 saturated heterocycles. The maximum atomic E-state index is 12.3. The van der Waals surface area contributed by atoms with Crippen molar-refractivity contribution in [2.24, 2.45) is 7.05 Å². The number of aromatic nitrogens is 2. The highest BCUT2D eigenvalue weighted by Crippen LogP contribution is 2.30. The number of nitrogens with two attached hydrogens (primary N) is 1. The zero-order chi connectivity index (χ0) is 15.8. The Balaban J connectivity index is 2.45. The van der Waals surface area contributed by atoms with Gasteiger partial charge in [0.05, 0.1) is 5.60 Å². The molecule has 0 bridgehead atoms. The SMILES string of the molecule is CCCCn1c(N)c(N2CC(O)(CC)C2)c(=O)n(C)c1=O. The Morgan fingerprint density at radius 1 is 1.29 bits per heavy atom. The van der Waals surface area contributed by atoms with Gasteiger partial charge in [-0.2, -0.15) is 0 Å². The Morgan fingerprint density at radius 3 is 2.43 bits per heavy atom. The van der Waals surface area contributed by atoms with E-state index >= 15 is 0 Å². The zero-order valence-electron chi connectivity index (χ0n) is 12.9. The fraction of sp³-hybridized carbons (Fsp3) is 0.714. The van der Waals surface area contributed by atoms with Crippen molar-refractivity contribution in [3.8, 4) is 0 Å². The molecule has 1 fully saturated rings. The molecule has 0 atom stereocenters. The van der Waals surface area contributed by atoms with Gasteiger partial charge in [0, 0.05) is 26.7 Å². The Kier molecular flexibility index (Phi) is 4.13. The number of nitrogens with zero attached hydrogens (tertiary/aromatic N) is 3.